The Morgan fingerprint density at radius 1 is 1.08 bits per heavy atom. The highest BCUT2D eigenvalue weighted by Gasteiger charge is 2.27. The molecular formula is C26H35N3O6S. The second kappa shape index (κ2) is 12.1. The number of rotatable bonds is 12. The van der Waals surface area contributed by atoms with Gasteiger partial charge in [0.1, 0.15) is 6.04 Å². The Kier molecular flexibility index (Phi) is 9.19. The zero-order valence-electron chi connectivity index (χ0n) is 21.3. The van der Waals surface area contributed by atoms with E-state index in [-0.39, 0.29) is 44.5 Å². The fourth-order valence-corrected chi connectivity index (χ4v) is 4.87. The molecule has 1 atom stereocenters. The largest absolute Gasteiger partial charge is 0.454 e. The van der Waals surface area contributed by atoms with Crippen LogP contribution in [0.25, 0.3) is 0 Å². The third-order valence-corrected chi connectivity index (χ3v) is 7.18. The summed E-state index contributed by atoms with van der Waals surface area (Å²) in [6.45, 7) is 6.69. The first-order chi connectivity index (χ1) is 17.1. The molecule has 3 rings (SSSR count). The van der Waals surface area contributed by atoms with Crippen LogP contribution in [0.1, 0.15) is 44.2 Å². The highest BCUT2D eigenvalue weighted by Crippen LogP contribution is 2.36. The molecule has 0 saturated heterocycles. The fraction of sp³-hybridized carbons (Fsp3) is 0.462. The lowest BCUT2D eigenvalue weighted by Crippen LogP contribution is -2.47. The predicted molar refractivity (Wildman–Crippen MR) is 138 cm³/mol. The Hall–Kier alpha value is -3.27. The molecule has 1 aliphatic heterocycles. The first kappa shape index (κ1) is 27.3. The van der Waals surface area contributed by atoms with Crippen LogP contribution in [0.3, 0.4) is 0 Å². The van der Waals surface area contributed by atoms with Crippen LogP contribution in [0, 0.1) is 6.92 Å². The molecule has 1 heterocycles. The van der Waals surface area contributed by atoms with E-state index < -0.39 is 16.1 Å². The molecule has 0 aliphatic carbocycles. The van der Waals surface area contributed by atoms with Crippen molar-refractivity contribution in [2.45, 2.75) is 52.6 Å². The molecular weight excluding hydrogens is 482 g/mol. The van der Waals surface area contributed by atoms with Gasteiger partial charge in [0, 0.05) is 32.1 Å². The summed E-state index contributed by atoms with van der Waals surface area (Å²) in [5.74, 6) is 0.613. The Morgan fingerprint density at radius 3 is 2.44 bits per heavy atom. The van der Waals surface area contributed by atoms with Crippen LogP contribution in [0.15, 0.2) is 42.5 Å². The van der Waals surface area contributed by atoms with Gasteiger partial charge in [0.2, 0.25) is 28.6 Å². The van der Waals surface area contributed by atoms with Crippen molar-refractivity contribution in [2.75, 3.05) is 30.4 Å². The normalized spacial score (nSPS) is 13.2. The number of carbonyl (C=O) groups is 2. The molecule has 196 valence electrons. The first-order valence-electron chi connectivity index (χ1n) is 12.1. The van der Waals surface area contributed by atoms with E-state index in [1.54, 1.807) is 30.0 Å². The van der Waals surface area contributed by atoms with Crippen LogP contribution < -0.4 is 19.1 Å². The molecule has 0 radical (unpaired) electrons. The summed E-state index contributed by atoms with van der Waals surface area (Å²) in [5, 5.41) is 2.86. The zero-order chi connectivity index (χ0) is 26.3. The van der Waals surface area contributed by atoms with Crippen molar-refractivity contribution < 1.29 is 27.5 Å². The summed E-state index contributed by atoms with van der Waals surface area (Å²) >= 11 is 0. The van der Waals surface area contributed by atoms with Crippen molar-refractivity contribution in [3.8, 4) is 11.5 Å². The number of hydrogen-bond acceptors (Lipinski definition) is 6. The molecule has 2 aromatic carbocycles. The topological polar surface area (TPSA) is 105 Å². The minimum absolute atomic E-state index is 0.0903. The SMILES string of the molecule is CCCNC(=O)[C@@H](C)N(Cc1ccc(C)cc1)C(=O)CCCN(c1ccc2c(c1)OCO2)S(C)(=O)=O. The van der Waals surface area contributed by atoms with E-state index in [0.717, 1.165) is 23.8 Å². The summed E-state index contributed by atoms with van der Waals surface area (Å²) in [5.41, 5.74) is 2.47. The second-order valence-corrected chi connectivity index (χ2v) is 10.9. The number of nitrogens with zero attached hydrogens (tertiary/aromatic N) is 2. The molecule has 1 aliphatic rings. The van der Waals surface area contributed by atoms with Gasteiger partial charge < -0.3 is 19.7 Å². The number of ether oxygens (including phenoxy) is 2. The van der Waals surface area contributed by atoms with E-state index in [9.17, 15) is 18.0 Å². The number of fused-ring (bicyclic) bond motifs is 1. The standard InChI is InChI=1S/C26H35N3O6S/c1-5-14-27-26(31)20(3)28(17-21-10-8-19(2)9-11-21)25(30)7-6-15-29(36(4,32)33)22-12-13-23-24(16-22)35-18-34-23/h8-13,16,20H,5-7,14-15,17-18H2,1-4H3,(H,27,31)/t20-/m1/s1. The van der Waals surface area contributed by atoms with Crippen molar-refractivity contribution in [3.63, 3.8) is 0 Å². The van der Waals surface area contributed by atoms with E-state index in [1.807, 2.05) is 38.1 Å². The molecule has 2 aromatic rings. The average molecular weight is 518 g/mol. The molecule has 0 saturated carbocycles. The van der Waals surface area contributed by atoms with Gasteiger partial charge in [-0.15, -0.1) is 0 Å². The molecule has 0 unspecified atom stereocenters. The number of amides is 2. The van der Waals surface area contributed by atoms with Gasteiger partial charge in [-0.1, -0.05) is 36.8 Å². The molecule has 0 aromatic heterocycles. The Labute approximate surface area is 213 Å². The van der Waals surface area contributed by atoms with Crippen LogP contribution in [0.2, 0.25) is 0 Å². The van der Waals surface area contributed by atoms with Crippen molar-refractivity contribution in [2.24, 2.45) is 0 Å². The van der Waals surface area contributed by atoms with Gasteiger partial charge in [-0.05, 0) is 44.4 Å². The van der Waals surface area contributed by atoms with E-state index in [1.165, 1.54) is 4.31 Å². The fourth-order valence-electron chi connectivity index (χ4n) is 3.91. The van der Waals surface area contributed by atoms with E-state index in [2.05, 4.69) is 5.32 Å². The molecule has 10 heteroatoms. The van der Waals surface area contributed by atoms with Crippen LogP contribution in [0.5, 0.6) is 11.5 Å². The second-order valence-electron chi connectivity index (χ2n) is 8.95. The summed E-state index contributed by atoms with van der Waals surface area (Å²) in [7, 11) is -3.60. The highest BCUT2D eigenvalue weighted by molar-refractivity contribution is 7.92. The molecule has 2 amide bonds. The predicted octanol–water partition coefficient (Wildman–Crippen LogP) is 3.21. The van der Waals surface area contributed by atoms with Crippen LogP contribution in [-0.4, -0.2) is 57.3 Å². The molecule has 36 heavy (non-hydrogen) atoms. The van der Waals surface area contributed by atoms with Crippen LogP contribution in [-0.2, 0) is 26.2 Å². The Morgan fingerprint density at radius 2 is 1.78 bits per heavy atom. The van der Waals surface area contributed by atoms with Crippen molar-refractivity contribution >= 4 is 27.5 Å². The molecule has 0 fully saturated rings. The van der Waals surface area contributed by atoms with Gasteiger partial charge in [-0.25, -0.2) is 8.42 Å². The van der Waals surface area contributed by atoms with E-state index in [0.29, 0.717) is 23.7 Å². The maximum absolute atomic E-state index is 13.3. The Balaban J connectivity index is 1.71. The van der Waals surface area contributed by atoms with Gasteiger partial charge in [0.15, 0.2) is 11.5 Å². The quantitative estimate of drug-likeness (QED) is 0.464. The maximum Gasteiger partial charge on any atom is 0.242 e. The smallest absolute Gasteiger partial charge is 0.242 e. The third-order valence-electron chi connectivity index (χ3n) is 5.99. The number of nitrogens with one attached hydrogen (secondary N) is 1. The number of benzene rings is 2. The summed E-state index contributed by atoms with van der Waals surface area (Å²) in [6.07, 6.45) is 2.30. The lowest BCUT2D eigenvalue weighted by atomic mass is 10.1. The lowest BCUT2D eigenvalue weighted by molar-refractivity contribution is -0.140. The molecule has 0 spiro atoms. The van der Waals surface area contributed by atoms with Gasteiger partial charge in [0.25, 0.3) is 0 Å². The van der Waals surface area contributed by atoms with E-state index >= 15 is 0 Å². The summed E-state index contributed by atoms with van der Waals surface area (Å²) in [6, 6.07) is 12.1. The molecule has 1 N–H and O–H groups in total. The first-order valence-corrected chi connectivity index (χ1v) is 13.9. The average Bonchev–Trinajstić information content (AvgIpc) is 3.31. The monoisotopic (exact) mass is 517 g/mol. The van der Waals surface area contributed by atoms with Crippen molar-refractivity contribution in [1.29, 1.82) is 0 Å². The van der Waals surface area contributed by atoms with Crippen molar-refractivity contribution in [3.05, 3.63) is 53.6 Å². The Bertz CT molecular complexity index is 1170. The number of anilines is 1. The molecule has 9 nitrogen and oxygen atoms in total. The number of aryl methyl sites for hydroxylation is 1. The van der Waals surface area contributed by atoms with Gasteiger partial charge in [0.05, 0.1) is 11.9 Å². The lowest BCUT2D eigenvalue weighted by Gasteiger charge is -2.29. The number of sulfonamides is 1. The summed E-state index contributed by atoms with van der Waals surface area (Å²) in [4.78, 5) is 27.5. The minimum Gasteiger partial charge on any atom is -0.454 e. The summed E-state index contributed by atoms with van der Waals surface area (Å²) < 4.78 is 37.0. The number of hydrogen-bond donors (Lipinski definition) is 1. The number of carbonyl (C=O) groups excluding carboxylic acids is 2. The van der Waals surface area contributed by atoms with Crippen LogP contribution in [0.4, 0.5) is 5.69 Å². The van der Waals surface area contributed by atoms with Crippen molar-refractivity contribution in [1.82, 2.24) is 10.2 Å². The van der Waals surface area contributed by atoms with Gasteiger partial charge in [-0.3, -0.25) is 13.9 Å². The van der Waals surface area contributed by atoms with Gasteiger partial charge >= 0.3 is 0 Å². The maximum atomic E-state index is 13.3. The minimum atomic E-state index is -3.60. The molecule has 0 bridgehead atoms. The third kappa shape index (κ3) is 7.13. The zero-order valence-corrected chi connectivity index (χ0v) is 22.1. The van der Waals surface area contributed by atoms with Gasteiger partial charge in [-0.2, -0.15) is 0 Å². The van der Waals surface area contributed by atoms with E-state index in [4.69, 9.17) is 9.47 Å². The van der Waals surface area contributed by atoms with Crippen LogP contribution >= 0.6 is 0 Å². The highest BCUT2D eigenvalue weighted by atomic mass is 32.2.